The zero-order chi connectivity index (χ0) is 12.4. The van der Waals surface area contributed by atoms with Gasteiger partial charge in [-0.2, -0.15) is 5.10 Å². The summed E-state index contributed by atoms with van der Waals surface area (Å²) in [5.41, 5.74) is 3.80. The average Bonchev–Trinajstić information content (AvgIpc) is 2.93. The molecule has 1 atom stereocenters. The quantitative estimate of drug-likeness (QED) is 0.892. The Morgan fingerprint density at radius 1 is 1.44 bits per heavy atom. The number of fused-ring (bicyclic) bond motifs is 1. The third-order valence-electron chi connectivity index (χ3n) is 3.35. The number of benzene rings is 1. The largest absolute Gasteiger partial charge is 0.372 e. The molecule has 2 heterocycles. The predicted molar refractivity (Wildman–Crippen MR) is 69.9 cm³/mol. The van der Waals surface area contributed by atoms with Crippen molar-refractivity contribution < 1.29 is 4.74 Å². The van der Waals surface area contributed by atoms with Crippen LogP contribution in [0, 0.1) is 0 Å². The Morgan fingerprint density at radius 2 is 2.39 bits per heavy atom. The molecule has 94 valence electrons. The number of ether oxygens (including phenoxy) is 1. The van der Waals surface area contributed by atoms with Gasteiger partial charge in [-0.1, -0.05) is 12.1 Å². The number of nitrogens with one attached hydrogen (secondary N) is 1. The maximum atomic E-state index is 5.83. The normalized spacial score (nSPS) is 18.6. The summed E-state index contributed by atoms with van der Waals surface area (Å²) >= 11 is 0. The fourth-order valence-corrected chi connectivity index (χ4v) is 2.54. The van der Waals surface area contributed by atoms with E-state index in [2.05, 4.69) is 28.6 Å². The molecule has 1 aromatic carbocycles. The van der Waals surface area contributed by atoms with Crippen LogP contribution in [0.15, 0.2) is 36.7 Å². The Morgan fingerprint density at radius 3 is 3.17 bits per heavy atom. The average molecular weight is 243 g/mol. The molecule has 0 fully saturated rings. The first kappa shape index (κ1) is 11.4. The Labute approximate surface area is 107 Å². The number of hydrogen-bond acceptors (Lipinski definition) is 3. The van der Waals surface area contributed by atoms with Crippen LogP contribution in [0.1, 0.15) is 17.2 Å². The fraction of sp³-hybridized carbons (Fsp3) is 0.357. The van der Waals surface area contributed by atoms with Crippen molar-refractivity contribution in [1.29, 1.82) is 0 Å². The summed E-state index contributed by atoms with van der Waals surface area (Å²) in [7, 11) is 1.95. The minimum absolute atomic E-state index is 0.147. The number of aromatic nitrogens is 2. The monoisotopic (exact) mass is 243 g/mol. The second-order valence-corrected chi connectivity index (χ2v) is 4.46. The highest BCUT2D eigenvalue weighted by molar-refractivity contribution is 5.47. The van der Waals surface area contributed by atoms with E-state index in [1.165, 1.54) is 16.8 Å². The molecular formula is C14H17N3O. The lowest BCUT2D eigenvalue weighted by atomic mass is 9.95. The third kappa shape index (κ3) is 1.94. The lowest BCUT2D eigenvalue weighted by Gasteiger charge is -2.27. The van der Waals surface area contributed by atoms with E-state index in [0.717, 1.165) is 19.6 Å². The zero-order valence-corrected chi connectivity index (χ0v) is 10.5. The number of rotatable bonds is 3. The zero-order valence-electron chi connectivity index (χ0n) is 10.5. The van der Waals surface area contributed by atoms with E-state index in [0.29, 0.717) is 0 Å². The van der Waals surface area contributed by atoms with Gasteiger partial charge in [-0.3, -0.25) is 0 Å². The molecule has 0 aliphatic carbocycles. The van der Waals surface area contributed by atoms with Crippen LogP contribution in [-0.4, -0.2) is 30.0 Å². The lowest BCUT2D eigenvalue weighted by molar-refractivity contribution is 0.0438. The summed E-state index contributed by atoms with van der Waals surface area (Å²) in [5, 5.41) is 7.51. The highest BCUT2D eigenvalue weighted by Gasteiger charge is 2.22. The molecule has 1 aliphatic rings. The third-order valence-corrected chi connectivity index (χ3v) is 3.35. The van der Waals surface area contributed by atoms with Crippen molar-refractivity contribution in [2.45, 2.75) is 12.5 Å². The van der Waals surface area contributed by atoms with Gasteiger partial charge in [0.15, 0.2) is 0 Å². The van der Waals surface area contributed by atoms with Gasteiger partial charge >= 0.3 is 0 Å². The van der Waals surface area contributed by atoms with Crippen LogP contribution in [0.3, 0.4) is 0 Å². The second kappa shape index (κ2) is 4.92. The van der Waals surface area contributed by atoms with Crippen LogP contribution in [0.4, 0.5) is 0 Å². The topological polar surface area (TPSA) is 39.1 Å². The molecule has 4 nitrogen and oxygen atoms in total. The van der Waals surface area contributed by atoms with E-state index in [1.54, 1.807) is 0 Å². The lowest BCUT2D eigenvalue weighted by Crippen LogP contribution is -2.26. The summed E-state index contributed by atoms with van der Waals surface area (Å²) in [6, 6.07) is 8.30. The first-order chi connectivity index (χ1) is 8.90. The predicted octanol–water partition coefficient (Wildman–Crippen LogP) is 1.71. The first-order valence-corrected chi connectivity index (χ1v) is 6.28. The molecule has 1 N–H and O–H groups in total. The van der Waals surface area contributed by atoms with Gasteiger partial charge in [0, 0.05) is 18.9 Å². The SMILES string of the molecule is CNC[C@H]1OCCc2c1cccc2-n1cccn1. The summed E-state index contributed by atoms with van der Waals surface area (Å²) < 4.78 is 7.76. The molecule has 0 bridgehead atoms. The summed E-state index contributed by atoms with van der Waals surface area (Å²) in [6.45, 7) is 1.62. The maximum absolute atomic E-state index is 5.83. The highest BCUT2D eigenvalue weighted by Crippen LogP contribution is 2.30. The van der Waals surface area contributed by atoms with Crippen LogP contribution >= 0.6 is 0 Å². The van der Waals surface area contributed by atoms with Gasteiger partial charge in [-0.15, -0.1) is 0 Å². The Kier molecular flexibility index (Phi) is 3.13. The molecule has 0 radical (unpaired) electrons. The molecule has 1 aliphatic heterocycles. The van der Waals surface area contributed by atoms with Crippen LogP contribution < -0.4 is 5.32 Å². The van der Waals surface area contributed by atoms with Crippen molar-refractivity contribution >= 4 is 0 Å². The summed E-state index contributed by atoms with van der Waals surface area (Å²) in [6.07, 6.45) is 4.89. The second-order valence-electron chi connectivity index (χ2n) is 4.46. The van der Waals surface area contributed by atoms with Crippen molar-refractivity contribution in [2.75, 3.05) is 20.2 Å². The van der Waals surface area contributed by atoms with E-state index >= 15 is 0 Å². The molecule has 4 heteroatoms. The molecule has 0 unspecified atom stereocenters. The van der Waals surface area contributed by atoms with E-state index in [1.807, 2.05) is 30.2 Å². The Hall–Kier alpha value is -1.65. The highest BCUT2D eigenvalue weighted by atomic mass is 16.5. The molecular weight excluding hydrogens is 226 g/mol. The van der Waals surface area contributed by atoms with Crippen LogP contribution in [0.25, 0.3) is 5.69 Å². The van der Waals surface area contributed by atoms with Crippen molar-refractivity contribution in [3.05, 3.63) is 47.8 Å². The summed E-state index contributed by atoms with van der Waals surface area (Å²) in [5.74, 6) is 0. The minimum atomic E-state index is 0.147. The van der Waals surface area contributed by atoms with E-state index in [9.17, 15) is 0 Å². The van der Waals surface area contributed by atoms with Crippen molar-refractivity contribution in [2.24, 2.45) is 0 Å². The molecule has 0 amide bonds. The van der Waals surface area contributed by atoms with Gasteiger partial charge in [0.1, 0.15) is 0 Å². The maximum Gasteiger partial charge on any atom is 0.0952 e. The Balaban J connectivity index is 2.06. The van der Waals surface area contributed by atoms with Crippen LogP contribution in [0.5, 0.6) is 0 Å². The molecule has 3 rings (SSSR count). The standard InChI is InChI=1S/C14H17N3O/c1-15-10-14-12-4-2-5-13(11(12)6-9-18-14)17-8-3-7-16-17/h2-5,7-8,14-15H,6,9-10H2,1H3/t14-/m1/s1. The van der Waals surface area contributed by atoms with E-state index in [4.69, 9.17) is 4.74 Å². The van der Waals surface area contributed by atoms with Gasteiger partial charge in [-0.05, 0) is 36.7 Å². The minimum Gasteiger partial charge on any atom is -0.372 e. The smallest absolute Gasteiger partial charge is 0.0952 e. The van der Waals surface area contributed by atoms with E-state index in [-0.39, 0.29) is 6.10 Å². The summed E-state index contributed by atoms with van der Waals surface area (Å²) in [4.78, 5) is 0. The number of hydrogen-bond donors (Lipinski definition) is 1. The van der Waals surface area contributed by atoms with Gasteiger partial charge < -0.3 is 10.1 Å². The molecule has 0 saturated heterocycles. The van der Waals surface area contributed by atoms with Crippen LogP contribution in [0.2, 0.25) is 0 Å². The number of nitrogens with zero attached hydrogens (tertiary/aromatic N) is 2. The molecule has 2 aromatic rings. The Bertz CT molecular complexity index is 522. The number of likely N-dealkylation sites (N-methyl/N-ethyl adjacent to an activating group) is 1. The first-order valence-electron chi connectivity index (χ1n) is 6.28. The van der Waals surface area contributed by atoms with Gasteiger partial charge in [-0.25, -0.2) is 4.68 Å². The molecule has 0 spiro atoms. The molecule has 18 heavy (non-hydrogen) atoms. The van der Waals surface area contributed by atoms with Gasteiger partial charge in [0.2, 0.25) is 0 Å². The fourth-order valence-electron chi connectivity index (χ4n) is 2.54. The van der Waals surface area contributed by atoms with Crippen molar-refractivity contribution in [3.8, 4) is 5.69 Å². The van der Waals surface area contributed by atoms with Crippen LogP contribution in [-0.2, 0) is 11.2 Å². The molecule has 0 saturated carbocycles. The van der Waals surface area contributed by atoms with Crippen molar-refractivity contribution in [1.82, 2.24) is 15.1 Å². The van der Waals surface area contributed by atoms with Gasteiger partial charge in [0.05, 0.1) is 18.4 Å². The van der Waals surface area contributed by atoms with Gasteiger partial charge in [0.25, 0.3) is 0 Å². The van der Waals surface area contributed by atoms with Crippen molar-refractivity contribution in [3.63, 3.8) is 0 Å². The molecule has 1 aromatic heterocycles. The van der Waals surface area contributed by atoms with E-state index < -0.39 is 0 Å².